The van der Waals surface area contributed by atoms with Gasteiger partial charge in [0.25, 0.3) is 11.5 Å². The molecule has 0 aliphatic carbocycles. The van der Waals surface area contributed by atoms with E-state index in [-0.39, 0.29) is 29.1 Å². The maximum absolute atomic E-state index is 13.7. The molecule has 3 heterocycles. The van der Waals surface area contributed by atoms with Crippen molar-refractivity contribution in [1.82, 2.24) is 9.47 Å². The number of halogens is 2. The lowest BCUT2D eigenvalue weighted by Gasteiger charge is -2.23. The number of hydrogen-bond acceptors (Lipinski definition) is 5. The minimum absolute atomic E-state index is 0.0431. The van der Waals surface area contributed by atoms with Crippen LogP contribution < -0.4 is 10.9 Å². The molecule has 1 aliphatic heterocycles. The summed E-state index contributed by atoms with van der Waals surface area (Å²) in [7, 11) is 0. The first-order valence-corrected chi connectivity index (χ1v) is 12.0. The third kappa shape index (κ3) is 3.98. The Hall–Kier alpha value is -3.20. The second-order valence-electron chi connectivity index (χ2n) is 8.10. The van der Waals surface area contributed by atoms with E-state index in [9.17, 15) is 19.1 Å². The van der Waals surface area contributed by atoms with E-state index in [1.807, 2.05) is 30.3 Å². The molecule has 5 rings (SSSR count). The van der Waals surface area contributed by atoms with Crippen LogP contribution in [0.15, 0.2) is 65.5 Å². The minimum Gasteiger partial charge on any atom is -0.394 e. The summed E-state index contributed by atoms with van der Waals surface area (Å²) in [6.45, 7) is 0.438. The van der Waals surface area contributed by atoms with Gasteiger partial charge in [-0.05, 0) is 49.2 Å². The number of rotatable bonds is 5. The summed E-state index contributed by atoms with van der Waals surface area (Å²) in [5.74, 6) is -0.764. The van der Waals surface area contributed by atoms with Crippen LogP contribution >= 0.6 is 22.9 Å². The lowest BCUT2D eigenvalue weighted by molar-refractivity contribution is 0.0683. The normalized spacial score (nSPS) is 15.7. The van der Waals surface area contributed by atoms with E-state index in [0.29, 0.717) is 38.7 Å². The Kier molecular flexibility index (Phi) is 6.12. The van der Waals surface area contributed by atoms with E-state index in [1.165, 1.54) is 29.5 Å². The number of thiophene rings is 1. The van der Waals surface area contributed by atoms with Gasteiger partial charge in [-0.15, -0.1) is 11.3 Å². The van der Waals surface area contributed by atoms with Crippen LogP contribution in [0.25, 0.3) is 15.9 Å². The third-order valence-electron chi connectivity index (χ3n) is 5.99. The molecule has 0 unspecified atom stereocenters. The van der Waals surface area contributed by atoms with Gasteiger partial charge in [-0.2, -0.15) is 0 Å². The first kappa shape index (κ1) is 22.6. The molecule has 2 N–H and O–H groups in total. The lowest BCUT2D eigenvalue weighted by Crippen LogP contribution is -2.37. The second-order valence-corrected chi connectivity index (χ2v) is 9.50. The van der Waals surface area contributed by atoms with Crippen molar-refractivity contribution in [3.8, 4) is 5.69 Å². The number of fused-ring (bicyclic) bond motifs is 1. The van der Waals surface area contributed by atoms with Gasteiger partial charge >= 0.3 is 0 Å². The van der Waals surface area contributed by atoms with Crippen molar-refractivity contribution in [2.75, 3.05) is 18.5 Å². The summed E-state index contributed by atoms with van der Waals surface area (Å²) in [6.07, 6.45) is 1.55. The number of hydrogen-bond donors (Lipinski definition) is 2. The van der Waals surface area contributed by atoms with Crippen molar-refractivity contribution < 1.29 is 14.3 Å². The molecule has 1 atom stereocenters. The number of aliphatic hydroxyl groups is 1. The fourth-order valence-corrected chi connectivity index (χ4v) is 5.73. The van der Waals surface area contributed by atoms with Gasteiger partial charge in [-0.25, -0.2) is 4.39 Å². The first-order valence-electron chi connectivity index (χ1n) is 10.9. The van der Waals surface area contributed by atoms with Crippen LogP contribution in [0.1, 0.15) is 22.5 Å². The van der Waals surface area contributed by atoms with E-state index in [1.54, 1.807) is 21.6 Å². The minimum atomic E-state index is -0.542. The Morgan fingerprint density at radius 2 is 1.97 bits per heavy atom. The average Bonchev–Trinajstić information content (AvgIpc) is 3.46. The average molecular weight is 498 g/mol. The van der Waals surface area contributed by atoms with Gasteiger partial charge in [0.05, 0.1) is 29.0 Å². The number of nitrogens with one attached hydrogen (secondary N) is 1. The number of aromatic nitrogens is 1. The monoisotopic (exact) mass is 497 g/mol. The molecule has 4 aromatic rings. The van der Waals surface area contributed by atoms with Gasteiger partial charge in [0.2, 0.25) is 0 Å². The predicted molar refractivity (Wildman–Crippen MR) is 133 cm³/mol. The highest BCUT2D eigenvalue weighted by molar-refractivity contribution is 7.21. The third-order valence-corrected chi connectivity index (χ3v) is 7.46. The fourth-order valence-electron chi connectivity index (χ4n) is 4.32. The molecule has 34 heavy (non-hydrogen) atoms. The van der Waals surface area contributed by atoms with Crippen molar-refractivity contribution in [2.45, 2.75) is 18.9 Å². The first-order chi connectivity index (χ1) is 16.5. The van der Waals surface area contributed by atoms with Crippen molar-refractivity contribution in [3.05, 3.63) is 86.7 Å². The summed E-state index contributed by atoms with van der Waals surface area (Å²) in [6, 6.07) is 16.4. The number of carbonyl (C=O) groups excluding carboxylic acids is 1. The van der Waals surface area contributed by atoms with Gasteiger partial charge in [-0.3, -0.25) is 14.2 Å². The molecule has 0 radical (unpaired) electrons. The molecular weight excluding hydrogens is 477 g/mol. The van der Waals surface area contributed by atoms with Gasteiger partial charge in [0.15, 0.2) is 0 Å². The topological polar surface area (TPSA) is 74.6 Å². The Morgan fingerprint density at radius 3 is 2.71 bits per heavy atom. The largest absolute Gasteiger partial charge is 0.394 e. The summed E-state index contributed by atoms with van der Waals surface area (Å²) in [5.41, 5.74) is 1.49. The molecule has 2 aromatic carbocycles. The molecule has 1 saturated heterocycles. The highest BCUT2D eigenvalue weighted by atomic mass is 35.5. The summed E-state index contributed by atoms with van der Waals surface area (Å²) in [5, 5.41) is 13.6. The number of nitrogens with zero attached hydrogens (tertiary/aromatic N) is 2. The highest BCUT2D eigenvalue weighted by Crippen LogP contribution is 2.40. The molecule has 1 amide bonds. The Morgan fingerprint density at radius 1 is 1.18 bits per heavy atom. The van der Waals surface area contributed by atoms with E-state index < -0.39 is 5.82 Å². The van der Waals surface area contributed by atoms with Gasteiger partial charge < -0.3 is 15.3 Å². The smallest absolute Gasteiger partial charge is 0.266 e. The molecule has 1 fully saturated rings. The number of aliphatic hydroxyl groups excluding tert-OH is 1. The molecular formula is C25H21ClFN3O3S. The maximum Gasteiger partial charge on any atom is 0.266 e. The van der Waals surface area contributed by atoms with E-state index in [4.69, 9.17) is 11.6 Å². The quantitative estimate of drug-likeness (QED) is 0.398. The molecule has 1 aliphatic rings. The molecule has 9 heteroatoms. The SMILES string of the molecule is O=C(c1sc2c(ccc(=O)n2-c2ccccc2)c1Nc1ccc(F)c(Cl)c1)N1CCC[C@H]1CO. The van der Waals surface area contributed by atoms with E-state index in [0.717, 1.165) is 12.8 Å². The number of amides is 1. The number of anilines is 2. The molecule has 0 bridgehead atoms. The van der Waals surface area contributed by atoms with Gasteiger partial charge in [0, 0.05) is 23.7 Å². The fraction of sp³-hybridized carbons (Fsp3) is 0.200. The summed E-state index contributed by atoms with van der Waals surface area (Å²) >= 11 is 7.20. The summed E-state index contributed by atoms with van der Waals surface area (Å²) < 4.78 is 15.3. The zero-order valence-corrected chi connectivity index (χ0v) is 19.6. The van der Waals surface area contributed by atoms with Crippen LogP contribution in [0.4, 0.5) is 15.8 Å². The Labute approximate surface area is 203 Å². The number of benzene rings is 2. The zero-order chi connectivity index (χ0) is 23.8. The van der Waals surface area contributed by atoms with Crippen LogP contribution in [-0.2, 0) is 0 Å². The maximum atomic E-state index is 13.7. The molecule has 0 spiro atoms. The van der Waals surface area contributed by atoms with E-state index in [2.05, 4.69) is 5.32 Å². The van der Waals surface area contributed by atoms with Crippen LogP contribution in [0.5, 0.6) is 0 Å². The van der Waals surface area contributed by atoms with Crippen LogP contribution in [-0.4, -0.2) is 39.7 Å². The second kappa shape index (κ2) is 9.21. The zero-order valence-electron chi connectivity index (χ0n) is 18.0. The van der Waals surface area contributed by atoms with E-state index >= 15 is 0 Å². The molecule has 0 saturated carbocycles. The summed E-state index contributed by atoms with van der Waals surface area (Å²) in [4.78, 5) is 29.2. The number of carbonyl (C=O) groups is 1. The number of likely N-dealkylation sites (tertiary alicyclic amines) is 1. The molecule has 174 valence electrons. The van der Waals surface area contributed by atoms with Gasteiger partial charge in [0.1, 0.15) is 15.5 Å². The van der Waals surface area contributed by atoms with Crippen molar-refractivity contribution in [1.29, 1.82) is 0 Å². The van der Waals surface area contributed by atoms with Gasteiger partial charge in [-0.1, -0.05) is 29.8 Å². The lowest BCUT2D eigenvalue weighted by atomic mass is 10.2. The highest BCUT2D eigenvalue weighted by Gasteiger charge is 2.32. The molecule has 2 aromatic heterocycles. The molecule has 6 nitrogen and oxygen atoms in total. The number of para-hydroxylation sites is 1. The van der Waals surface area contributed by atoms with Crippen LogP contribution in [0.3, 0.4) is 0 Å². The van der Waals surface area contributed by atoms with Crippen molar-refractivity contribution >= 4 is 50.4 Å². The van der Waals surface area contributed by atoms with Crippen LogP contribution in [0.2, 0.25) is 5.02 Å². The number of pyridine rings is 1. The Balaban J connectivity index is 1.71. The predicted octanol–water partition coefficient (Wildman–Crippen LogP) is 5.19. The van der Waals surface area contributed by atoms with Crippen molar-refractivity contribution in [2.24, 2.45) is 0 Å². The van der Waals surface area contributed by atoms with Crippen molar-refractivity contribution in [3.63, 3.8) is 0 Å². The Bertz CT molecular complexity index is 1440. The van der Waals surface area contributed by atoms with Crippen LogP contribution in [0, 0.1) is 5.82 Å². The standard InChI is InChI=1S/C25H21ClFN3O3S/c26-19-13-15(8-10-20(19)27)28-22-18-9-11-21(32)30(16-5-2-1-3-6-16)25(18)34-23(22)24(33)29-12-4-7-17(29)14-31/h1-3,5-6,8-11,13,17,28,31H,4,7,12,14H2/t17-/m0/s1.